The highest BCUT2D eigenvalue weighted by atomic mass is 16.5. The van der Waals surface area contributed by atoms with Gasteiger partial charge in [-0.3, -0.25) is 0 Å². The number of para-hydroxylation sites is 1. The molecule has 0 heterocycles. The lowest BCUT2D eigenvalue weighted by molar-refractivity contribution is 0.0210. The lowest BCUT2D eigenvalue weighted by atomic mass is 10.1. The molecule has 0 aliphatic heterocycles. The molecule has 3 aromatic carbocycles. The summed E-state index contributed by atoms with van der Waals surface area (Å²) in [5.41, 5.74) is 0. The molecule has 0 fully saturated rings. The van der Waals surface area contributed by atoms with Crippen molar-refractivity contribution in [2.24, 2.45) is 0 Å². The quantitative estimate of drug-likeness (QED) is 0.230. The summed E-state index contributed by atoms with van der Waals surface area (Å²) < 4.78 is 28.4. The van der Waals surface area contributed by atoms with Crippen LogP contribution in [0.15, 0.2) is 86.0 Å². The van der Waals surface area contributed by atoms with Gasteiger partial charge in [0, 0.05) is 5.39 Å². The van der Waals surface area contributed by atoms with Crippen molar-refractivity contribution in [3.63, 3.8) is 0 Å². The standard InChI is InChI=1S/C28H32O7/c1-3-14-31-17-22(29)19-33-25-11-12-26-21(16-25)10-13-27(34-20-23(30)18-32-15-4-2)28(26)35-24-8-6-5-7-9-24/h3-13,16,22-23,29-30H,1-2,14-15,17-20H2. The Morgan fingerprint density at radius 3 is 2.03 bits per heavy atom. The molecule has 0 amide bonds. The third-order valence-electron chi connectivity index (χ3n) is 4.83. The van der Waals surface area contributed by atoms with Crippen molar-refractivity contribution in [3.05, 3.63) is 86.0 Å². The lowest BCUT2D eigenvalue weighted by Crippen LogP contribution is -2.23. The Labute approximate surface area is 205 Å². The molecule has 35 heavy (non-hydrogen) atoms. The monoisotopic (exact) mass is 480 g/mol. The predicted molar refractivity (Wildman–Crippen MR) is 135 cm³/mol. The summed E-state index contributed by atoms with van der Waals surface area (Å²) in [6.45, 7) is 8.35. The number of hydrogen-bond donors (Lipinski definition) is 2. The summed E-state index contributed by atoms with van der Waals surface area (Å²) in [6.07, 6.45) is 1.70. The van der Waals surface area contributed by atoms with Crippen molar-refractivity contribution in [3.8, 4) is 23.0 Å². The molecule has 2 N–H and O–H groups in total. The van der Waals surface area contributed by atoms with Crippen LogP contribution >= 0.6 is 0 Å². The summed E-state index contributed by atoms with van der Waals surface area (Å²) >= 11 is 0. The van der Waals surface area contributed by atoms with Crippen LogP contribution in [0, 0.1) is 0 Å². The minimum Gasteiger partial charge on any atom is -0.491 e. The maximum absolute atomic E-state index is 10.2. The summed E-state index contributed by atoms with van der Waals surface area (Å²) in [4.78, 5) is 0. The maximum Gasteiger partial charge on any atom is 0.177 e. The van der Waals surface area contributed by atoms with Crippen LogP contribution in [0.4, 0.5) is 0 Å². The fourth-order valence-corrected chi connectivity index (χ4v) is 3.22. The van der Waals surface area contributed by atoms with Gasteiger partial charge in [0.2, 0.25) is 0 Å². The Balaban J connectivity index is 1.77. The van der Waals surface area contributed by atoms with Gasteiger partial charge in [0.25, 0.3) is 0 Å². The van der Waals surface area contributed by atoms with E-state index in [-0.39, 0.29) is 26.4 Å². The molecule has 2 unspecified atom stereocenters. The van der Waals surface area contributed by atoms with Gasteiger partial charge in [-0.25, -0.2) is 0 Å². The Kier molecular flexibility index (Phi) is 10.6. The molecule has 0 aliphatic carbocycles. The van der Waals surface area contributed by atoms with Crippen LogP contribution in [0.1, 0.15) is 0 Å². The van der Waals surface area contributed by atoms with E-state index in [1.54, 1.807) is 24.3 Å². The number of ether oxygens (including phenoxy) is 5. The zero-order chi connectivity index (χ0) is 24.9. The molecule has 0 saturated heterocycles. The number of benzene rings is 3. The molecular formula is C28H32O7. The van der Waals surface area contributed by atoms with E-state index >= 15 is 0 Å². The molecule has 0 aliphatic rings. The average Bonchev–Trinajstić information content (AvgIpc) is 2.88. The SMILES string of the molecule is C=CCOCC(O)COc1ccc2c(Oc3ccccc3)c(OCC(O)COCC=C)ccc2c1. The number of aliphatic hydroxyl groups excluding tert-OH is 2. The fourth-order valence-electron chi connectivity index (χ4n) is 3.22. The average molecular weight is 481 g/mol. The normalized spacial score (nSPS) is 12.6. The molecule has 0 bridgehead atoms. The first kappa shape index (κ1) is 26.2. The third-order valence-corrected chi connectivity index (χ3v) is 4.83. The second kappa shape index (κ2) is 14.1. The molecule has 0 spiro atoms. The van der Waals surface area contributed by atoms with E-state index in [2.05, 4.69) is 13.2 Å². The molecule has 0 radical (unpaired) electrons. The Morgan fingerprint density at radius 2 is 1.37 bits per heavy atom. The smallest absolute Gasteiger partial charge is 0.177 e. The minimum atomic E-state index is -0.798. The Hall–Kier alpha value is -3.36. The van der Waals surface area contributed by atoms with Gasteiger partial charge in [0.05, 0.1) is 26.4 Å². The maximum atomic E-state index is 10.2. The predicted octanol–water partition coefficient (Wildman–Crippen LogP) is 4.52. The highest BCUT2D eigenvalue weighted by Crippen LogP contribution is 2.40. The van der Waals surface area contributed by atoms with Crippen LogP contribution in [-0.2, 0) is 9.47 Å². The van der Waals surface area contributed by atoms with Gasteiger partial charge >= 0.3 is 0 Å². The van der Waals surface area contributed by atoms with Gasteiger partial charge in [-0.2, -0.15) is 0 Å². The molecule has 186 valence electrons. The lowest BCUT2D eigenvalue weighted by Gasteiger charge is -2.18. The molecule has 3 rings (SSSR count). The van der Waals surface area contributed by atoms with Crippen molar-refractivity contribution >= 4 is 10.8 Å². The van der Waals surface area contributed by atoms with Crippen molar-refractivity contribution in [2.45, 2.75) is 12.2 Å². The van der Waals surface area contributed by atoms with Gasteiger partial charge in [0.15, 0.2) is 11.5 Å². The van der Waals surface area contributed by atoms with Crippen LogP contribution in [0.25, 0.3) is 10.8 Å². The van der Waals surface area contributed by atoms with Gasteiger partial charge in [-0.05, 0) is 41.8 Å². The topological polar surface area (TPSA) is 86.6 Å². The summed E-state index contributed by atoms with van der Waals surface area (Å²) in [7, 11) is 0. The van der Waals surface area contributed by atoms with Gasteiger partial charge in [-0.15, -0.1) is 13.2 Å². The third kappa shape index (κ3) is 8.42. The van der Waals surface area contributed by atoms with Crippen molar-refractivity contribution < 1.29 is 33.9 Å². The molecule has 0 saturated carbocycles. The van der Waals surface area contributed by atoms with E-state index in [4.69, 9.17) is 23.7 Å². The molecule has 2 atom stereocenters. The van der Waals surface area contributed by atoms with E-state index in [1.807, 2.05) is 48.5 Å². The zero-order valence-corrected chi connectivity index (χ0v) is 19.7. The van der Waals surface area contributed by atoms with E-state index in [9.17, 15) is 10.2 Å². The van der Waals surface area contributed by atoms with E-state index < -0.39 is 12.2 Å². The highest BCUT2D eigenvalue weighted by Gasteiger charge is 2.15. The van der Waals surface area contributed by atoms with E-state index in [1.165, 1.54) is 0 Å². The van der Waals surface area contributed by atoms with Gasteiger partial charge in [-0.1, -0.05) is 36.4 Å². The first-order valence-electron chi connectivity index (χ1n) is 11.4. The summed E-state index contributed by atoms with van der Waals surface area (Å²) in [5, 5.41) is 21.9. The Morgan fingerprint density at radius 1 is 0.714 bits per heavy atom. The fraction of sp³-hybridized carbons (Fsp3) is 0.286. The summed E-state index contributed by atoms with van der Waals surface area (Å²) in [5.74, 6) is 2.28. The number of hydrogen-bond acceptors (Lipinski definition) is 7. The second-order valence-corrected chi connectivity index (χ2v) is 7.77. The molecule has 7 heteroatoms. The van der Waals surface area contributed by atoms with Crippen molar-refractivity contribution in [2.75, 3.05) is 39.6 Å². The molecule has 7 nitrogen and oxygen atoms in total. The van der Waals surface area contributed by atoms with Crippen LogP contribution in [0.5, 0.6) is 23.0 Å². The van der Waals surface area contributed by atoms with Crippen molar-refractivity contribution in [1.29, 1.82) is 0 Å². The number of rotatable bonds is 16. The van der Waals surface area contributed by atoms with Crippen LogP contribution in [0.2, 0.25) is 0 Å². The van der Waals surface area contributed by atoms with E-state index in [0.29, 0.717) is 36.2 Å². The highest BCUT2D eigenvalue weighted by molar-refractivity contribution is 5.92. The first-order chi connectivity index (χ1) is 17.1. The van der Waals surface area contributed by atoms with E-state index in [0.717, 1.165) is 10.8 Å². The Bertz CT molecular complexity index is 1070. The first-order valence-corrected chi connectivity index (χ1v) is 11.4. The number of aliphatic hydroxyl groups is 2. The molecular weight excluding hydrogens is 448 g/mol. The van der Waals surface area contributed by atoms with Gasteiger partial charge < -0.3 is 33.9 Å². The molecule has 0 aromatic heterocycles. The minimum absolute atomic E-state index is 0.0425. The number of fused-ring (bicyclic) bond motifs is 1. The molecule has 3 aromatic rings. The van der Waals surface area contributed by atoms with Crippen LogP contribution in [-0.4, -0.2) is 62.1 Å². The summed E-state index contributed by atoms with van der Waals surface area (Å²) in [6, 6.07) is 18.6. The second-order valence-electron chi connectivity index (χ2n) is 7.77. The van der Waals surface area contributed by atoms with Crippen molar-refractivity contribution in [1.82, 2.24) is 0 Å². The van der Waals surface area contributed by atoms with Crippen LogP contribution < -0.4 is 14.2 Å². The van der Waals surface area contributed by atoms with Gasteiger partial charge in [0.1, 0.15) is 36.9 Å². The van der Waals surface area contributed by atoms with Crippen LogP contribution in [0.3, 0.4) is 0 Å². The largest absolute Gasteiger partial charge is 0.491 e. The zero-order valence-electron chi connectivity index (χ0n) is 19.7.